The van der Waals surface area contributed by atoms with E-state index in [0.717, 1.165) is 16.7 Å². The number of anilines is 1. The van der Waals surface area contributed by atoms with E-state index in [4.69, 9.17) is 4.74 Å². The molecule has 3 amide bonds. The Morgan fingerprint density at radius 2 is 1.71 bits per heavy atom. The Morgan fingerprint density at radius 1 is 1.06 bits per heavy atom. The molecular formula is C27H26FN3O4. The van der Waals surface area contributed by atoms with Gasteiger partial charge in [0.15, 0.2) is 0 Å². The first kappa shape index (κ1) is 22.9. The van der Waals surface area contributed by atoms with E-state index in [2.05, 4.69) is 5.32 Å². The standard InChI is InChI=1S/C27H26FN3O4/c1-35-24-5-3-2-4-21(24)29-27(34)30-14-22-26(23(16-32)31(22)25(33)15-30)19-8-6-17(7-9-19)18-10-12-20(28)13-11-18/h2-13,22-23,26,32H,14-16H2,1H3,(H,29,34)/t22-,23+,26+/m0/s1. The number of hydrogen-bond donors (Lipinski definition) is 2. The second kappa shape index (κ2) is 9.38. The summed E-state index contributed by atoms with van der Waals surface area (Å²) in [5.74, 6) is -0.0383. The van der Waals surface area contributed by atoms with E-state index >= 15 is 0 Å². The number of para-hydroxylation sites is 2. The van der Waals surface area contributed by atoms with Gasteiger partial charge in [0.05, 0.1) is 31.5 Å². The Labute approximate surface area is 202 Å². The minimum atomic E-state index is -0.375. The third kappa shape index (κ3) is 4.21. The number of nitrogens with one attached hydrogen (secondary N) is 1. The van der Waals surface area contributed by atoms with Gasteiger partial charge >= 0.3 is 6.03 Å². The van der Waals surface area contributed by atoms with Crippen LogP contribution in [-0.2, 0) is 4.79 Å². The lowest BCUT2D eigenvalue weighted by Gasteiger charge is -2.58. The number of carbonyl (C=O) groups is 2. The predicted octanol–water partition coefficient (Wildman–Crippen LogP) is 3.70. The molecule has 8 heteroatoms. The molecule has 3 aromatic carbocycles. The molecule has 3 aromatic rings. The number of nitrogens with zero attached hydrogens (tertiary/aromatic N) is 2. The van der Waals surface area contributed by atoms with Crippen molar-refractivity contribution in [3.63, 3.8) is 0 Å². The molecule has 2 aliphatic rings. The van der Waals surface area contributed by atoms with Crippen molar-refractivity contribution in [1.29, 1.82) is 0 Å². The molecule has 35 heavy (non-hydrogen) atoms. The predicted molar refractivity (Wildman–Crippen MR) is 130 cm³/mol. The molecule has 0 bridgehead atoms. The van der Waals surface area contributed by atoms with Gasteiger partial charge in [-0.2, -0.15) is 0 Å². The summed E-state index contributed by atoms with van der Waals surface area (Å²) in [6.45, 7) is 0.151. The number of aliphatic hydroxyl groups excluding tert-OH is 1. The van der Waals surface area contributed by atoms with Crippen LogP contribution in [0.3, 0.4) is 0 Å². The number of urea groups is 1. The van der Waals surface area contributed by atoms with Gasteiger partial charge < -0.3 is 25.0 Å². The highest BCUT2D eigenvalue weighted by Gasteiger charge is 2.54. The Bertz CT molecular complexity index is 1230. The molecule has 5 rings (SSSR count). The number of halogens is 1. The van der Waals surface area contributed by atoms with E-state index < -0.39 is 0 Å². The molecule has 3 atom stereocenters. The largest absolute Gasteiger partial charge is 0.495 e. The molecule has 0 aliphatic carbocycles. The Balaban J connectivity index is 1.34. The second-order valence-electron chi connectivity index (χ2n) is 8.78. The number of hydrogen-bond acceptors (Lipinski definition) is 4. The van der Waals surface area contributed by atoms with Crippen LogP contribution in [0.5, 0.6) is 5.75 Å². The second-order valence-corrected chi connectivity index (χ2v) is 8.78. The fraction of sp³-hybridized carbons (Fsp3) is 0.259. The average Bonchev–Trinajstić information content (AvgIpc) is 2.86. The van der Waals surface area contributed by atoms with Gasteiger partial charge in [0.1, 0.15) is 18.1 Å². The zero-order valence-corrected chi connectivity index (χ0v) is 19.2. The van der Waals surface area contributed by atoms with Crippen LogP contribution in [0.4, 0.5) is 14.9 Å². The van der Waals surface area contributed by atoms with E-state index in [1.54, 1.807) is 35.2 Å². The van der Waals surface area contributed by atoms with Crippen molar-refractivity contribution < 1.29 is 23.8 Å². The number of fused-ring (bicyclic) bond motifs is 1. The summed E-state index contributed by atoms with van der Waals surface area (Å²) in [6.07, 6.45) is 0. The van der Waals surface area contributed by atoms with Crippen molar-refractivity contribution in [2.75, 3.05) is 32.1 Å². The molecule has 2 heterocycles. The van der Waals surface area contributed by atoms with Crippen LogP contribution >= 0.6 is 0 Å². The van der Waals surface area contributed by atoms with Gasteiger partial charge in [-0.1, -0.05) is 48.5 Å². The lowest BCUT2D eigenvalue weighted by Crippen LogP contribution is -2.73. The quantitative estimate of drug-likeness (QED) is 0.590. The highest BCUT2D eigenvalue weighted by molar-refractivity contribution is 5.94. The van der Waals surface area contributed by atoms with Crippen molar-refractivity contribution in [1.82, 2.24) is 9.80 Å². The van der Waals surface area contributed by atoms with Crippen molar-refractivity contribution in [2.24, 2.45) is 0 Å². The maximum Gasteiger partial charge on any atom is 0.322 e. The van der Waals surface area contributed by atoms with E-state index in [-0.39, 0.29) is 48.9 Å². The van der Waals surface area contributed by atoms with Crippen molar-refractivity contribution in [3.8, 4) is 16.9 Å². The number of carbonyl (C=O) groups excluding carboxylic acids is 2. The minimum absolute atomic E-state index is 0.0514. The molecule has 0 unspecified atom stereocenters. The summed E-state index contributed by atoms with van der Waals surface area (Å²) in [4.78, 5) is 29.1. The van der Waals surface area contributed by atoms with Crippen LogP contribution in [0, 0.1) is 5.82 Å². The summed E-state index contributed by atoms with van der Waals surface area (Å²) >= 11 is 0. The molecule has 0 saturated carbocycles. The van der Waals surface area contributed by atoms with Crippen LogP contribution in [-0.4, -0.2) is 65.7 Å². The molecule has 180 valence electrons. The lowest BCUT2D eigenvalue weighted by atomic mass is 9.73. The number of rotatable bonds is 5. The van der Waals surface area contributed by atoms with Gasteiger partial charge in [-0.05, 0) is 41.0 Å². The maximum absolute atomic E-state index is 13.3. The topological polar surface area (TPSA) is 82.1 Å². The molecule has 7 nitrogen and oxygen atoms in total. The van der Waals surface area contributed by atoms with Crippen LogP contribution in [0.15, 0.2) is 72.8 Å². The zero-order valence-electron chi connectivity index (χ0n) is 19.2. The smallest absolute Gasteiger partial charge is 0.322 e. The van der Waals surface area contributed by atoms with Crippen LogP contribution in [0.25, 0.3) is 11.1 Å². The van der Waals surface area contributed by atoms with Crippen LogP contribution in [0.1, 0.15) is 11.5 Å². The Kier molecular flexibility index (Phi) is 6.13. The normalized spacial score (nSPS) is 21.2. The van der Waals surface area contributed by atoms with Gasteiger partial charge in [0, 0.05) is 12.5 Å². The maximum atomic E-state index is 13.3. The van der Waals surface area contributed by atoms with Crippen molar-refractivity contribution in [2.45, 2.75) is 18.0 Å². The Morgan fingerprint density at radius 3 is 2.37 bits per heavy atom. The van der Waals surface area contributed by atoms with E-state index in [1.807, 2.05) is 30.3 Å². The van der Waals surface area contributed by atoms with E-state index in [0.29, 0.717) is 18.0 Å². The van der Waals surface area contributed by atoms with Gasteiger partial charge in [-0.25, -0.2) is 9.18 Å². The van der Waals surface area contributed by atoms with Gasteiger partial charge in [0.25, 0.3) is 0 Å². The van der Waals surface area contributed by atoms with Gasteiger partial charge in [0.2, 0.25) is 5.91 Å². The molecular weight excluding hydrogens is 449 g/mol. The summed E-state index contributed by atoms with van der Waals surface area (Å²) < 4.78 is 18.6. The van der Waals surface area contributed by atoms with Crippen molar-refractivity contribution in [3.05, 3.63) is 84.2 Å². The van der Waals surface area contributed by atoms with Gasteiger partial charge in [-0.3, -0.25) is 4.79 Å². The fourth-order valence-corrected chi connectivity index (χ4v) is 5.14. The van der Waals surface area contributed by atoms with E-state index in [9.17, 15) is 19.1 Å². The minimum Gasteiger partial charge on any atom is -0.495 e. The first-order chi connectivity index (χ1) is 17.0. The summed E-state index contributed by atoms with van der Waals surface area (Å²) in [5, 5.41) is 12.9. The summed E-state index contributed by atoms with van der Waals surface area (Å²) in [7, 11) is 1.53. The molecule has 2 N–H and O–H groups in total. The number of benzene rings is 3. The molecule has 2 aliphatic heterocycles. The first-order valence-electron chi connectivity index (χ1n) is 11.5. The van der Waals surface area contributed by atoms with Crippen LogP contribution < -0.4 is 10.1 Å². The third-order valence-electron chi connectivity index (χ3n) is 6.86. The SMILES string of the molecule is COc1ccccc1NC(=O)N1CC(=O)N2[C@H](CO)[C@H](c3ccc(-c4ccc(F)cc4)cc3)[C@@H]2C1. The number of methoxy groups -OCH3 is 1. The monoisotopic (exact) mass is 475 g/mol. The summed E-state index contributed by atoms with van der Waals surface area (Å²) in [5.41, 5.74) is 3.36. The van der Waals surface area contributed by atoms with Gasteiger partial charge in [-0.15, -0.1) is 0 Å². The highest BCUT2D eigenvalue weighted by atomic mass is 19.1. The fourth-order valence-electron chi connectivity index (χ4n) is 5.14. The highest BCUT2D eigenvalue weighted by Crippen LogP contribution is 2.43. The number of piperazine rings is 1. The lowest BCUT2D eigenvalue weighted by molar-refractivity contribution is -0.159. The third-order valence-corrected chi connectivity index (χ3v) is 6.86. The Hall–Kier alpha value is -3.91. The molecule has 0 aromatic heterocycles. The van der Waals surface area contributed by atoms with Crippen molar-refractivity contribution >= 4 is 17.6 Å². The van der Waals surface area contributed by atoms with E-state index in [1.165, 1.54) is 24.1 Å². The molecule has 0 spiro atoms. The zero-order chi connectivity index (χ0) is 24.5. The van der Waals surface area contributed by atoms with Crippen LogP contribution in [0.2, 0.25) is 0 Å². The average molecular weight is 476 g/mol. The first-order valence-corrected chi connectivity index (χ1v) is 11.5. The number of amides is 3. The molecule has 2 saturated heterocycles. The summed E-state index contributed by atoms with van der Waals surface area (Å²) in [6, 6.07) is 20.3. The number of aliphatic hydroxyl groups is 1. The molecule has 0 radical (unpaired) electrons. The number of ether oxygens (including phenoxy) is 1. The molecule has 2 fully saturated rings.